The molecule has 1 saturated heterocycles. The third kappa shape index (κ3) is 5.55. The van der Waals surface area contributed by atoms with E-state index < -0.39 is 0 Å². The number of hydrogen-bond acceptors (Lipinski definition) is 5. The highest BCUT2D eigenvalue weighted by atomic mass is 32.1. The molecule has 19 heavy (non-hydrogen) atoms. The molecule has 0 radical (unpaired) electrons. The molecule has 1 aromatic heterocycles. The van der Waals surface area contributed by atoms with Crippen LogP contribution in [0.1, 0.15) is 50.0 Å². The SMILES string of the molecule is CC(C)(C)NCCc1nnc(CC2CCCCO2)s1. The molecule has 1 unspecified atom stereocenters. The molecular weight excluding hydrogens is 258 g/mol. The Hall–Kier alpha value is -0.520. The summed E-state index contributed by atoms with van der Waals surface area (Å²) in [6, 6.07) is 0. The topological polar surface area (TPSA) is 47.0 Å². The molecular formula is C14H25N3OS. The minimum Gasteiger partial charge on any atom is -0.378 e. The van der Waals surface area contributed by atoms with Crippen molar-refractivity contribution in [3.05, 3.63) is 10.0 Å². The summed E-state index contributed by atoms with van der Waals surface area (Å²) in [6.07, 6.45) is 5.91. The molecule has 0 aliphatic carbocycles. The van der Waals surface area contributed by atoms with E-state index in [0.717, 1.165) is 36.0 Å². The molecule has 1 N–H and O–H groups in total. The van der Waals surface area contributed by atoms with Crippen LogP contribution in [-0.4, -0.2) is 35.0 Å². The number of rotatable bonds is 5. The lowest BCUT2D eigenvalue weighted by molar-refractivity contribution is 0.0167. The molecule has 2 rings (SSSR count). The number of nitrogens with zero attached hydrogens (tertiary/aromatic N) is 2. The Morgan fingerprint density at radius 1 is 1.26 bits per heavy atom. The first kappa shape index (κ1) is 14.9. The van der Waals surface area contributed by atoms with E-state index in [4.69, 9.17) is 4.74 Å². The van der Waals surface area contributed by atoms with Crippen molar-refractivity contribution in [3.8, 4) is 0 Å². The van der Waals surface area contributed by atoms with Gasteiger partial charge in [0.1, 0.15) is 10.0 Å². The zero-order valence-corrected chi connectivity index (χ0v) is 13.1. The Bertz CT molecular complexity index is 380. The van der Waals surface area contributed by atoms with E-state index in [1.807, 2.05) is 0 Å². The van der Waals surface area contributed by atoms with Crippen LogP contribution in [0.25, 0.3) is 0 Å². The van der Waals surface area contributed by atoms with Gasteiger partial charge >= 0.3 is 0 Å². The molecule has 4 nitrogen and oxygen atoms in total. The fourth-order valence-electron chi connectivity index (χ4n) is 2.18. The highest BCUT2D eigenvalue weighted by Crippen LogP contribution is 2.19. The van der Waals surface area contributed by atoms with Gasteiger partial charge in [-0.05, 0) is 40.0 Å². The van der Waals surface area contributed by atoms with Crippen molar-refractivity contribution < 1.29 is 4.74 Å². The maximum Gasteiger partial charge on any atom is 0.120 e. The minimum atomic E-state index is 0.170. The Kier molecular flexibility index (Phi) is 5.30. The van der Waals surface area contributed by atoms with Crippen LogP contribution in [-0.2, 0) is 17.6 Å². The maximum absolute atomic E-state index is 5.74. The number of aromatic nitrogens is 2. The van der Waals surface area contributed by atoms with Gasteiger partial charge in [0, 0.05) is 31.5 Å². The molecule has 1 fully saturated rings. The summed E-state index contributed by atoms with van der Waals surface area (Å²) in [4.78, 5) is 0. The zero-order valence-electron chi connectivity index (χ0n) is 12.2. The second kappa shape index (κ2) is 6.77. The summed E-state index contributed by atoms with van der Waals surface area (Å²) in [5.41, 5.74) is 0.170. The highest BCUT2D eigenvalue weighted by Gasteiger charge is 2.17. The molecule has 1 aliphatic heterocycles. The van der Waals surface area contributed by atoms with Crippen molar-refractivity contribution in [2.75, 3.05) is 13.2 Å². The van der Waals surface area contributed by atoms with E-state index in [1.54, 1.807) is 11.3 Å². The molecule has 0 aromatic carbocycles. The zero-order chi connectivity index (χ0) is 13.7. The van der Waals surface area contributed by atoms with Crippen LogP contribution in [0.3, 0.4) is 0 Å². The maximum atomic E-state index is 5.74. The second-order valence-electron chi connectivity index (χ2n) is 6.21. The molecule has 0 bridgehead atoms. The lowest BCUT2D eigenvalue weighted by atomic mass is 10.1. The molecule has 108 valence electrons. The normalized spacial score (nSPS) is 20.7. The van der Waals surface area contributed by atoms with Crippen molar-refractivity contribution in [1.29, 1.82) is 0 Å². The van der Waals surface area contributed by atoms with Gasteiger partial charge in [-0.15, -0.1) is 21.5 Å². The van der Waals surface area contributed by atoms with Crippen LogP contribution < -0.4 is 5.32 Å². The van der Waals surface area contributed by atoms with E-state index in [2.05, 4.69) is 36.3 Å². The molecule has 0 spiro atoms. The molecule has 0 amide bonds. The van der Waals surface area contributed by atoms with Crippen molar-refractivity contribution in [1.82, 2.24) is 15.5 Å². The van der Waals surface area contributed by atoms with Crippen LogP contribution >= 0.6 is 11.3 Å². The van der Waals surface area contributed by atoms with E-state index in [-0.39, 0.29) is 5.54 Å². The van der Waals surface area contributed by atoms with Crippen LogP contribution in [0, 0.1) is 0 Å². The van der Waals surface area contributed by atoms with Gasteiger partial charge in [0.05, 0.1) is 6.10 Å². The van der Waals surface area contributed by atoms with Crippen LogP contribution in [0.15, 0.2) is 0 Å². The summed E-state index contributed by atoms with van der Waals surface area (Å²) in [6.45, 7) is 8.40. The van der Waals surface area contributed by atoms with Crippen molar-refractivity contribution in [2.24, 2.45) is 0 Å². The van der Waals surface area contributed by atoms with E-state index in [9.17, 15) is 0 Å². The summed E-state index contributed by atoms with van der Waals surface area (Å²) >= 11 is 1.73. The first-order chi connectivity index (χ1) is 9.03. The Morgan fingerprint density at radius 2 is 2.05 bits per heavy atom. The van der Waals surface area contributed by atoms with Gasteiger partial charge < -0.3 is 10.1 Å². The highest BCUT2D eigenvalue weighted by molar-refractivity contribution is 7.11. The van der Waals surface area contributed by atoms with Gasteiger partial charge in [0.15, 0.2) is 0 Å². The second-order valence-corrected chi connectivity index (χ2v) is 7.36. The van der Waals surface area contributed by atoms with Gasteiger partial charge in [-0.25, -0.2) is 0 Å². The first-order valence-corrected chi connectivity index (χ1v) is 8.02. The van der Waals surface area contributed by atoms with Crippen LogP contribution in [0.4, 0.5) is 0 Å². The summed E-state index contributed by atoms with van der Waals surface area (Å²) in [7, 11) is 0. The monoisotopic (exact) mass is 283 g/mol. The average Bonchev–Trinajstić information content (AvgIpc) is 2.76. The summed E-state index contributed by atoms with van der Waals surface area (Å²) in [5.74, 6) is 0. The average molecular weight is 283 g/mol. The van der Waals surface area contributed by atoms with Gasteiger partial charge in [0.25, 0.3) is 0 Å². The largest absolute Gasteiger partial charge is 0.378 e. The van der Waals surface area contributed by atoms with Crippen LogP contribution in [0.5, 0.6) is 0 Å². The Morgan fingerprint density at radius 3 is 2.74 bits per heavy atom. The smallest absolute Gasteiger partial charge is 0.120 e. The Labute approximate surface area is 120 Å². The van der Waals surface area contributed by atoms with E-state index in [1.165, 1.54) is 19.3 Å². The molecule has 5 heteroatoms. The van der Waals surface area contributed by atoms with Gasteiger partial charge in [-0.2, -0.15) is 0 Å². The Balaban J connectivity index is 1.75. The molecule has 0 saturated carbocycles. The van der Waals surface area contributed by atoms with Crippen molar-refractivity contribution in [2.45, 2.75) is 64.5 Å². The lowest BCUT2D eigenvalue weighted by Crippen LogP contribution is -2.37. The minimum absolute atomic E-state index is 0.170. The third-order valence-electron chi connectivity index (χ3n) is 3.18. The fraction of sp³-hybridized carbons (Fsp3) is 0.857. The van der Waals surface area contributed by atoms with Gasteiger partial charge in [-0.1, -0.05) is 0 Å². The number of hydrogen-bond donors (Lipinski definition) is 1. The van der Waals surface area contributed by atoms with E-state index >= 15 is 0 Å². The molecule has 1 aliphatic rings. The first-order valence-electron chi connectivity index (χ1n) is 7.21. The number of ether oxygens (including phenoxy) is 1. The fourth-order valence-corrected chi connectivity index (χ4v) is 3.09. The van der Waals surface area contributed by atoms with Gasteiger partial charge in [-0.3, -0.25) is 0 Å². The van der Waals surface area contributed by atoms with Crippen molar-refractivity contribution in [3.63, 3.8) is 0 Å². The molecule has 1 atom stereocenters. The molecule has 1 aromatic rings. The van der Waals surface area contributed by atoms with Gasteiger partial charge in [0.2, 0.25) is 0 Å². The summed E-state index contributed by atoms with van der Waals surface area (Å²) < 4.78 is 5.74. The van der Waals surface area contributed by atoms with Crippen molar-refractivity contribution >= 4 is 11.3 Å². The predicted molar refractivity (Wildman–Crippen MR) is 78.7 cm³/mol. The predicted octanol–water partition coefficient (Wildman–Crippen LogP) is 2.58. The van der Waals surface area contributed by atoms with Crippen LogP contribution in [0.2, 0.25) is 0 Å². The third-order valence-corrected chi connectivity index (χ3v) is 4.18. The molecule has 2 heterocycles. The number of nitrogens with one attached hydrogen (secondary N) is 1. The standard InChI is InChI=1S/C14H25N3OS/c1-14(2,3)15-8-7-12-16-17-13(19-12)10-11-6-4-5-9-18-11/h11,15H,4-10H2,1-3H3. The quantitative estimate of drug-likeness (QED) is 0.902. The lowest BCUT2D eigenvalue weighted by Gasteiger charge is -2.21. The summed E-state index contributed by atoms with van der Waals surface area (Å²) in [5, 5.41) is 14.3. The van der Waals surface area contributed by atoms with E-state index in [0.29, 0.717) is 6.10 Å².